The molecule has 0 aliphatic rings. The van der Waals surface area contributed by atoms with Crippen molar-refractivity contribution in [1.82, 2.24) is 9.78 Å². The normalized spacial score (nSPS) is 10.0. The Morgan fingerprint density at radius 2 is 2.17 bits per heavy atom. The fraction of sp³-hybridized carbons (Fsp3) is 0.0833. The van der Waals surface area contributed by atoms with Crippen LogP contribution in [0.15, 0.2) is 47.4 Å². The summed E-state index contributed by atoms with van der Waals surface area (Å²) in [5.74, 6) is -0.332. The molecule has 1 aromatic carbocycles. The van der Waals surface area contributed by atoms with Crippen LogP contribution in [0.3, 0.4) is 0 Å². The van der Waals surface area contributed by atoms with Gasteiger partial charge in [0.25, 0.3) is 5.56 Å². The number of carbonyl (C=O) groups is 1. The third kappa shape index (κ3) is 2.94. The van der Waals surface area contributed by atoms with Gasteiger partial charge >= 0.3 is 0 Å². The lowest BCUT2D eigenvalue weighted by Crippen LogP contribution is -2.28. The van der Waals surface area contributed by atoms with E-state index in [-0.39, 0.29) is 18.0 Å². The summed E-state index contributed by atoms with van der Waals surface area (Å²) >= 11 is 0. The number of nitrogens with one attached hydrogen (secondary N) is 1. The van der Waals surface area contributed by atoms with Gasteiger partial charge in [-0.1, -0.05) is 6.07 Å². The highest BCUT2D eigenvalue weighted by Gasteiger charge is 2.05. The van der Waals surface area contributed by atoms with Crippen molar-refractivity contribution >= 4 is 17.3 Å². The van der Waals surface area contributed by atoms with E-state index in [1.807, 2.05) is 0 Å². The van der Waals surface area contributed by atoms with Crippen molar-refractivity contribution in [3.63, 3.8) is 0 Å². The van der Waals surface area contributed by atoms with E-state index < -0.39 is 0 Å². The minimum absolute atomic E-state index is 0.130. The van der Waals surface area contributed by atoms with E-state index in [0.717, 1.165) is 4.68 Å². The molecular weight excluding hydrogens is 232 g/mol. The molecular formula is C12H12N4O2. The Bertz CT molecular complexity index is 621. The zero-order valence-corrected chi connectivity index (χ0v) is 9.54. The van der Waals surface area contributed by atoms with Gasteiger partial charge in [0, 0.05) is 23.6 Å². The van der Waals surface area contributed by atoms with Crippen LogP contribution in [0.25, 0.3) is 0 Å². The Balaban J connectivity index is 2.06. The summed E-state index contributed by atoms with van der Waals surface area (Å²) in [6.07, 6.45) is 1.45. The molecule has 0 saturated heterocycles. The third-order valence-electron chi connectivity index (χ3n) is 2.25. The molecule has 2 rings (SSSR count). The largest absolute Gasteiger partial charge is 0.399 e. The van der Waals surface area contributed by atoms with E-state index in [0.29, 0.717) is 11.4 Å². The minimum Gasteiger partial charge on any atom is -0.399 e. The topological polar surface area (TPSA) is 90.0 Å². The second-order valence-corrected chi connectivity index (χ2v) is 3.69. The molecule has 1 aromatic heterocycles. The number of hydrogen-bond acceptors (Lipinski definition) is 4. The number of nitrogens with zero attached hydrogens (tertiary/aromatic N) is 2. The minimum atomic E-state index is -0.332. The molecule has 3 N–H and O–H groups in total. The summed E-state index contributed by atoms with van der Waals surface area (Å²) in [4.78, 5) is 23.1. The first-order valence-electron chi connectivity index (χ1n) is 5.33. The number of anilines is 2. The van der Waals surface area contributed by atoms with Crippen LogP contribution in [0, 0.1) is 0 Å². The van der Waals surface area contributed by atoms with E-state index >= 15 is 0 Å². The Morgan fingerprint density at radius 1 is 1.33 bits per heavy atom. The van der Waals surface area contributed by atoms with Gasteiger partial charge in [0.15, 0.2) is 0 Å². The van der Waals surface area contributed by atoms with Gasteiger partial charge in [0.2, 0.25) is 5.91 Å². The van der Waals surface area contributed by atoms with Crippen molar-refractivity contribution in [3.8, 4) is 0 Å². The Labute approximate surface area is 103 Å². The molecule has 18 heavy (non-hydrogen) atoms. The van der Waals surface area contributed by atoms with Gasteiger partial charge in [0.05, 0.1) is 0 Å². The summed E-state index contributed by atoms with van der Waals surface area (Å²) in [5, 5.41) is 6.44. The van der Waals surface area contributed by atoms with E-state index in [1.54, 1.807) is 24.3 Å². The van der Waals surface area contributed by atoms with Crippen LogP contribution in [0.1, 0.15) is 0 Å². The number of carbonyl (C=O) groups excluding carboxylic acids is 1. The Hall–Kier alpha value is -2.63. The first-order valence-corrected chi connectivity index (χ1v) is 5.33. The van der Waals surface area contributed by atoms with Gasteiger partial charge in [-0.2, -0.15) is 5.10 Å². The van der Waals surface area contributed by atoms with Crippen molar-refractivity contribution in [2.75, 3.05) is 11.1 Å². The predicted octanol–water partition coefficient (Wildman–Crippen LogP) is 0.464. The average Bonchev–Trinajstić information content (AvgIpc) is 2.32. The maximum Gasteiger partial charge on any atom is 0.267 e. The maximum atomic E-state index is 11.7. The second-order valence-electron chi connectivity index (χ2n) is 3.69. The molecule has 2 aromatic rings. The average molecular weight is 244 g/mol. The van der Waals surface area contributed by atoms with Gasteiger partial charge in [0.1, 0.15) is 6.54 Å². The number of rotatable bonds is 3. The molecule has 0 aliphatic heterocycles. The summed E-state index contributed by atoms with van der Waals surface area (Å²) in [6.45, 7) is -0.130. The Morgan fingerprint density at radius 3 is 2.89 bits per heavy atom. The zero-order valence-electron chi connectivity index (χ0n) is 9.54. The number of amides is 1. The SMILES string of the molecule is Nc1cccc(NC(=O)Cn2ncccc2=O)c1. The first-order chi connectivity index (χ1) is 8.65. The van der Waals surface area contributed by atoms with E-state index in [4.69, 9.17) is 5.73 Å². The quantitative estimate of drug-likeness (QED) is 0.768. The lowest BCUT2D eigenvalue weighted by atomic mass is 10.3. The molecule has 0 radical (unpaired) electrons. The highest BCUT2D eigenvalue weighted by Crippen LogP contribution is 2.11. The van der Waals surface area contributed by atoms with Crippen molar-refractivity contribution in [2.24, 2.45) is 0 Å². The lowest BCUT2D eigenvalue weighted by molar-refractivity contribution is -0.117. The molecule has 92 valence electrons. The fourth-order valence-corrected chi connectivity index (χ4v) is 1.46. The van der Waals surface area contributed by atoms with Crippen LogP contribution in [0.5, 0.6) is 0 Å². The second kappa shape index (κ2) is 5.13. The summed E-state index contributed by atoms with van der Waals surface area (Å²) in [5.41, 5.74) is 6.42. The molecule has 6 heteroatoms. The van der Waals surface area contributed by atoms with Gasteiger partial charge in [-0.15, -0.1) is 0 Å². The molecule has 0 spiro atoms. The molecule has 1 amide bonds. The highest BCUT2D eigenvalue weighted by atomic mass is 16.2. The molecule has 0 bridgehead atoms. The fourth-order valence-electron chi connectivity index (χ4n) is 1.46. The van der Waals surface area contributed by atoms with Crippen molar-refractivity contribution < 1.29 is 4.79 Å². The van der Waals surface area contributed by atoms with Gasteiger partial charge < -0.3 is 11.1 Å². The van der Waals surface area contributed by atoms with Crippen LogP contribution in [0.2, 0.25) is 0 Å². The van der Waals surface area contributed by atoms with Crippen LogP contribution in [-0.2, 0) is 11.3 Å². The predicted molar refractivity (Wildman–Crippen MR) is 68.0 cm³/mol. The van der Waals surface area contributed by atoms with Gasteiger partial charge in [-0.05, 0) is 24.3 Å². The van der Waals surface area contributed by atoms with Crippen molar-refractivity contribution in [3.05, 3.63) is 52.9 Å². The van der Waals surface area contributed by atoms with E-state index in [9.17, 15) is 9.59 Å². The number of nitrogen functional groups attached to an aromatic ring is 1. The van der Waals surface area contributed by atoms with Gasteiger partial charge in [-0.3, -0.25) is 9.59 Å². The summed E-state index contributed by atoms with van der Waals surface area (Å²) < 4.78 is 1.08. The molecule has 0 aliphatic carbocycles. The standard InChI is InChI=1S/C12H12N4O2/c13-9-3-1-4-10(7-9)15-11(17)8-16-12(18)5-2-6-14-16/h1-7H,8,13H2,(H,15,17). The molecule has 0 atom stereocenters. The van der Waals surface area contributed by atoms with E-state index in [1.165, 1.54) is 18.3 Å². The lowest BCUT2D eigenvalue weighted by Gasteiger charge is -2.06. The van der Waals surface area contributed by atoms with Gasteiger partial charge in [-0.25, -0.2) is 4.68 Å². The first kappa shape index (κ1) is 11.8. The van der Waals surface area contributed by atoms with Crippen LogP contribution < -0.4 is 16.6 Å². The molecule has 1 heterocycles. The van der Waals surface area contributed by atoms with Crippen LogP contribution in [0.4, 0.5) is 11.4 Å². The molecule has 0 unspecified atom stereocenters. The molecule has 6 nitrogen and oxygen atoms in total. The van der Waals surface area contributed by atoms with Crippen LogP contribution >= 0.6 is 0 Å². The summed E-state index contributed by atoms with van der Waals surface area (Å²) in [6, 6.07) is 9.68. The number of nitrogens with two attached hydrogens (primary N) is 1. The van der Waals surface area contributed by atoms with Crippen molar-refractivity contribution in [1.29, 1.82) is 0 Å². The molecule has 0 fully saturated rings. The maximum absolute atomic E-state index is 11.7. The monoisotopic (exact) mass is 244 g/mol. The van der Waals surface area contributed by atoms with Crippen LogP contribution in [-0.4, -0.2) is 15.7 Å². The summed E-state index contributed by atoms with van der Waals surface area (Å²) in [7, 11) is 0. The third-order valence-corrected chi connectivity index (χ3v) is 2.25. The van der Waals surface area contributed by atoms with E-state index in [2.05, 4.69) is 10.4 Å². The number of aromatic nitrogens is 2. The van der Waals surface area contributed by atoms with Crippen molar-refractivity contribution in [2.45, 2.75) is 6.54 Å². The number of hydrogen-bond donors (Lipinski definition) is 2. The smallest absolute Gasteiger partial charge is 0.267 e. The number of benzene rings is 1. The Kier molecular flexibility index (Phi) is 3.38. The molecule has 0 saturated carbocycles. The zero-order chi connectivity index (χ0) is 13.0. The highest BCUT2D eigenvalue weighted by molar-refractivity contribution is 5.90.